The molecule has 2 aromatic rings. The summed E-state index contributed by atoms with van der Waals surface area (Å²) in [6.45, 7) is 1.77. The van der Waals surface area contributed by atoms with Crippen LogP contribution in [0.15, 0.2) is 6.07 Å². The summed E-state index contributed by atoms with van der Waals surface area (Å²) in [6.07, 6.45) is 5.98. The molecule has 0 unspecified atom stereocenters. The maximum absolute atomic E-state index is 12.5. The van der Waals surface area contributed by atoms with Crippen LogP contribution in [0.5, 0.6) is 0 Å². The predicted octanol–water partition coefficient (Wildman–Crippen LogP) is 0.580. The van der Waals surface area contributed by atoms with Gasteiger partial charge in [0.15, 0.2) is 5.69 Å². The van der Waals surface area contributed by atoms with Gasteiger partial charge in [-0.3, -0.25) is 14.6 Å². The van der Waals surface area contributed by atoms with Gasteiger partial charge in [-0.1, -0.05) is 0 Å². The van der Waals surface area contributed by atoms with E-state index in [4.69, 9.17) is 0 Å². The molecule has 10 heteroatoms. The minimum Gasteiger partial charge on any atom is -0.345 e. The predicted molar refractivity (Wildman–Crippen MR) is 98.5 cm³/mol. The van der Waals surface area contributed by atoms with E-state index in [1.165, 1.54) is 10.6 Å². The fourth-order valence-electron chi connectivity index (χ4n) is 3.79. The lowest BCUT2D eigenvalue weighted by molar-refractivity contribution is 0.0944. The maximum Gasteiger partial charge on any atom is 0.272 e. The highest BCUT2D eigenvalue weighted by molar-refractivity contribution is 7.88. The van der Waals surface area contributed by atoms with Crippen LogP contribution in [0.25, 0.3) is 0 Å². The molecule has 0 aromatic carbocycles. The van der Waals surface area contributed by atoms with Crippen LogP contribution in [0.2, 0.25) is 0 Å². The molecule has 1 aliphatic carbocycles. The van der Waals surface area contributed by atoms with Crippen molar-refractivity contribution in [1.82, 2.24) is 29.6 Å². The van der Waals surface area contributed by atoms with E-state index < -0.39 is 10.0 Å². The number of nitrogens with one attached hydrogen (secondary N) is 2. The largest absolute Gasteiger partial charge is 0.345 e. The third-order valence-electron chi connectivity index (χ3n) is 5.20. The van der Waals surface area contributed by atoms with Gasteiger partial charge in [0.1, 0.15) is 0 Å². The molecule has 9 nitrogen and oxygen atoms in total. The van der Waals surface area contributed by atoms with E-state index >= 15 is 0 Å². The molecule has 27 heavy (non-hydrogen) atoms. The Morgan fingerprint density at radius 2 is 2.07 bits per heavy atom. The monoisotopic (exact) mass is 392 g/mol. The molecule has 0 spiro atoms. The summed E-state index contributed by atoms with van der Waals surface area (Å²) >= 11 is 0. The fourth-order valence-corrected chi connectivity index (χ4v) is 4.61. The first-order chi connectivity index (χ1) is 12.9. The number of nitrogens with zero attached hydrogens (tertiary/aromatic N) is 4. The van der Waals surface area contributed by atoms with Crippen LogP contribution >= 0.6 is 0 Å². The van der Waals surface area contributed by atoms with Gasteiger partial charge in [0.05, 0.1) is 30.7 Å². The zero-order valence-corrected chi connectivity index (χ0v) is 16.2. The molecule has 2 aliphatic rings. The Kier molecular flexibility index (Phi) is 4.77. The van der Waals surface area contributed by atoms with Crippen molar-refractivity contribution in [3.05, 3.63) is 34.4 Å². The van der Waals surface area contributed by atoms with E-state index in [2.05, 4.69) is 20.6 Å². The highest BCUT2D eigenvalue weighted by atomic mass is 32.2. The zero-order valence-electron chi connectivity index (χ0n) is 15.4. The molecular weight excluding hydrogens is 368 g/mol. The standard InChI is InChI=1S/C17H24N6O3S/c1-27(25,26)22-7-4-8-23-13(11-22)9-12(21-23)10-18-17(24)16-14-5-2-3-6-15(14)19-20-16/h9H,2-8,10-11H2,1H3,(H,18,24)(H,19,20). The number of aromatic amines is 1. The Hall–Kier alpha value is -2.20. The van der Waals surface area contributed by atoms with E-state index in [-0.39, 0.29) is 5.91 Å². The minimum atomic E-state index is -3.24. The molecule has 3 heterocycles. The Morgan fingerprint density at radius 1 is 1.26 bits per heavy atom. The van der Waals surface area contributed by atoms with Crippen molar-refractivity contribution < 1.29 is 13.2 Å². The van der Waals surface area contributed by atoms with Crippen LogP contribution in [0.3, 0.4) is 0 Å². The summed E-state index contributed by atoms with van der Waals surface area (Å²) in [7, 11) is -3.24. The van der Waals surface area contributed by atoms with E-state index in [1.807, 2.05) is 10.7 Å². The molecule has 0 saturated carbocycles. The molecule has 0 fully saturated rings. The number of aromatic nitrogens is 4. The quantitative estimate of drug-likeness (QED) is 0.790. The lowest BCUT2D eigenvalue weighted by Gasteiger charge is -2.16. The molecular formula is C17H24N6O3S. The zero-order chi connectivity index (χ0) is 19.0. The van der Waals surface area contributed by atoms with Gasteiger partial charge in [-0.15, -0.1) is 0 Å². The Bertz CT molecular complexity index is 961. The maximum atomic E-state index is 12.5. The number of fused-ring (bicyclic) bond motifs is 2. The summed E-state index contributed by atoms with van der Waals surface area (Å²) in [5.41, 5.74) is 4.15. The molecule has 2 N–H and O–H groups in total. The van der Waals surface area contributed by atoms with E-state index in [1.54, 1.807) is 0 Å². The smallest absolute Gasteiger partial charge is 0.272 e. The number of carbonyl (C=O) groups is 1. The molecule has 2 aromatic heterocycles. The fraction of sp³-hybridized carbons (Fsp3) is 0.588. The SMILES string of the molecule is CS(=O)(=O)N1CCCn2nc(CNC(=O)c3n[nH]c4c3CCCC4)cc2C1. The van der Waals surface area contributed by atoms with Gasteiger partial charge in [0.25, 0.3) is 5.91 Å². The summed E-state index contributed by atoms with van der Waals surface area (Å²) < 4.78 is 27.0. The van der Waals surface area contributed by atoms with Crippen LogP contribution in [0.4, 0.5) is 0 Å². The van der Waals surface area contributed by atoms with Crippen LogP contribution in [-0.2, 0) is 42.5 Å². The first-order valence-electron chi connectivity index (χ1n) is 9.27. The van der Waals surface area contributed by atoms with Gasteiger partial charge in [0.2, 0.25) is 10.0 Å². The number of sulfonamides is 1. The number of amides is 1. The molecule has 1 aliphatic heterocycles. The van der Waals surface area contributed by atoms with Crippen molar-refractivity contribution >= 4 is 15.9 Å². The molecule has 146 valence electrons. The van der Waals surface area contributed by atoms with Crippen molar-refractivity contribution in [3.8, 4) is 0 Å². The molecule has 0 atom stereocenters. The highest BCUT2D eigenvalue weighted by Gasteiger charge is 2.24. The van der Waals surface area contributed by atoms with E-state index in [9.17, 15) is 13.2 Å². The summed E-state index contributed by atoms with van der Waals surface area (Å²) in [4.78, 5) is 12.5. The number of carbonyl (C=O) groups excluding carboxylic acids is 1. The Balaban J connectivity index is 1.44. The second kappa shape index (κ2) is 7.08. The van der Waals surface area contributed by atoms with Crippen molar-refractivity contribution in [2.24, 2.45) is 0 Å². The number of hydrogen-bond acceptors (Lipinski definition) is 5. The topological polar surface area (TPSA) is 113 Å². The van der Waals surface area contributed by atoms with Crippen molar-refractivity contribution in [3.63, 3.8) is 0 Å². The van der Waals surface area contributed by atoms with Gasteiger partial charge in [-0.2, -0.15) is 14.5 Å². The van der Waals surface area contributed by atoms with Gasteiger partial charge >= 0.3 is 0 Å². The third-order valence-corrected chi connectivity index (χ3v) is 6.45. The first-order valence-corrected chi connectivity index (χ1v) is 11.1. The average Bonchev–Trinajstić information content (AvgIpc) is 3.17. The number of H-pyrrole nitrogens is 1. The third kappa shape index (κ3) is 3.77. The molecule has 0 radical (unpaired) electrons. The second-order valence-electron chi connectivity index (χ2n) is 7.22. The van der Waals surface area contributed by atoms with Crippen molar-refractivity contribution in [1.29, 1.82) is 0 Å². The van der Waals surface area contributed by atoms with Crippen LogP contribution in [-0.4, -0.2) is 51.4 Å². The van der Waals surface area contributed by atoms with E-state index in [0.29, 0.717) is 38.3 Å². The normalized spacial score (nSPS) is 17.8. The first kappa shape index (κ1) is 18.2. The van der Waals surface area contributed by atoms with Crippen LogP contribution in [0, 0.1) is 0 Å². The molecule has 1 amide bonds. The summed E-state index contributed by atoms with van der Waals surface area (Å²) in [5.74, 6) is -0.199. The summed E-state index contributed by atoms with van der Waals surface area (Å²) in [6, 6.07) is 1.86. The second-order valence-corrected chi connectivity index (χ2v) is 9.20. The lowest BCUT2D eigenvalue weighted by atomic mass is 9.96. The summed E-state index contributed by atoms with van der Waals surface area (Å²) in [5, 5.41) is 14.6. The average molecular weight is 392 g/mol. The minimum absolute atomic E-state index is 0.199. The van der Waals surface area contributed by atoms with Gasteiger partial charge < -0.3 is 5.32 Å². The Labute approximate surface area is 158 Å². The molecule has 0 bridgehead atoms. The number of aryl methyl sites for hydroxylation is 2. The number of rotatable bonds is 4. The van der Waals surface area contributed by atoms with Crippen LogP contribution in [0.1, 0.15) is 52.4 Å². The highest BCUT2D eigenvalue weighted by Crippen LogP contribution is 2.22. The van der Waals surface area contributed by atoms with Crippen molar-refractivity contribution in [2.45, 2.75) is 51.7 Å². The van der Waals surface area contributed by atoms with Gasteiger partial charge in [-0.05, 0) is 38.2 Å². The molecule has 4 rings (SSSR count). The Morgan fingerprint density at radius 3 is 2.89 bits per heavy atom. The van der Waals surface area contributed by atoms with Gasteiger partial charge in [0, 0.05) is 24.3 Å². The molecule has 0 saturated heterocycles. The van der Waals surface area contributed by atoms with Gasteiger partial charge in [-0.25, -0.2) is 8.42 Å². The van der Waals surface area contributed by atoms with Crippen LogP contribution < -0.4 is 5.32 Å². The van der Waals surface area contributed by atoms with Crippen molar-refractivity contribution in [2.75, 3.05) is 12.8 Å². The number of hydrogen-bond donors (Lipinski definition) is 2. The lowest BCUT2D eigenvalue weighted by Crippen LogP contribution is -2.29. The van der Waals surface area contributed by atoms with E-state index in [0.717, 1.165) is 48.3 Å².